The molecule has 2 aromatic rings. The van der Waals surface area contributed by atoms with Crippen LogP contribution in [0, 0.1) is 0 Å². The van der Waals surface area contributed by atoms with E-state index in [9.17, 15) is 0 Å². The summed E-state index contributed by atoms with van der Waals surface area (Å²) in [5.74, 6) is 1.46. The number of hydrogen-bond donors (Lipinski definition) is 1. The number of benzene rings is 1. The maximum atomic E-state index is 5.89. The maximum absolute atomic E-state index is 5.89. The summed E-state index contributed by atoms with van der Waals surface area (Å²) >= 11 is 11.8. The van der Waals surface area contributed by atoms with Crippen molar-refractivity contribution in [3.63, 3.8) is 0 Å². The molecule has 2 rings (SSSR count). The molecule has 4 heteroatoms. The van der Waals surface area contributed by atoms with Crippen molar-refractivity contribution >= 4 is 23.2 Å². The highest BCUT2D eigenvalue weighted by Gasteiger charge is 2.05. The number of halogens is 2. The van der Waals surface area contributed by atoms with E-state index in [4.69, 9.17) is 33.4 Å². The molecule has 1 aromatic carbocycles. The number of rotatable bonds is 2. The molecule has 0 saturated carbocycles. The van der Waals surface area contributed by atoms with Crippen LogP contribution in [0.25, 0.3) is 11.3 Å². The van der Waals surface area contributed by atoms with Crippen LogP contribution in [-0.4, -0.2) is 0 Å². The van der Waals surface area contributed by atoms with Crippen LogP contribution in [0.15, 0.2) is 34.7 Å². The summed E-state index contributed by atoms with van der Waals surface area (Å²) in [4.78, 5) is 0. The zero-order valence-electron chi connectivity index (χ0n) is 7.84. The highest BCUT2D eigenvalue weighted by Crippen LogP contribution is 2.28. The lowest BCUT2D eigenvalue weighted by molar-refractivity contribution is 0.525. The fraction of sp³-hybridized carbons (Fsp3) is 0.0909. The van der Waals surface area contributed by atoms with Crippen LogP contribution in [0.4, 0.5) is 0 Å². The summed E-state index contributed by atoms with van der Waals surface area (Å²) in [5.41, 5.74) is 6.31. The summed E-state index contributed by atoms with van der Waals surface area (Å²) in [6.07, 6.45) is 0. The Labute approximate surface area is 97.6 Å². The van der Waals surface area contributed by atoms with Gasteiger partial charge in [0.25, 0.3) is 0 Å². The van der Waals surface area contributed by atoms with E-state index in [1.54, 1.807) is 18.2 Å². The molecule has 2 N–H and O–H groups in total. The minimum atomic E-state index is 0.383. The van der Waals surface area contributed by atoms with Crippen molar-refractivity contribution in [2.45, 2.75) is 6.54 Å². The number of hydrogen-bond acceptors (Lipinski definition) is 2. The van der Waals surface area contributed by atoms with Crippen LogP contribution in [-0.2, 0) is 6.54 Å². The smallest absolute Gasteiger partial charge is 0.134 e. The zero-order chi connectivity index (χ0) is 10.8. The van der Waals surface area contributed by atoms with Crippen LogP contribution in [0.2, 0.25) is 10.0 Å². The Balaban J connectivity index is 2.44. The maximum Gasteiger partial charge on any atom is 0.134 e. The number of nitrogens with two attached hydrogens (primary N) is 1. The first-order valence-corrected chi connectivity index (χ1v) is 5.20. The Morgan fingerprint density at radius 1 is 1.07 bits per heavy atom. The monoisotopic (exact) mass is 241 g/mol. The van der Waals surface area contributed by atoms with Crippen molar-refractivity contribution in [2.24, 2.45) is 5.73 Å². The second kappa shape index (κ2) is 4.27. The van der Waals surface area contributed by atoms with Gasteiger partial charge in [0.1, 0.15) is 11.5 Å². The molecule has 2 nitrogen and oxygen atoms in total. The van der Waals surface area contributed by atoms with E-state index >= 15 is 0 Å². The molecule has 1 heterocycles. The summed E-state index contributed by atoms with van der Waals surface area (Å²) in [5, 5.41) is 1.17. The van der Waals surface area contributed by atoms with Gasteiger partial charge >= 0.3 is 0 Å². The molecule has 78 valence electrons. The minimum absolute atomic E-state index is 0.383. The Morgan fingerprint density at radius 3 is 2.27 bits per heavy atom. The summed E-state index contributed by atoms with van der Waals surface area (Å²) in [6, 6.07) is 8.97. The molecular weight excluding hydrogens is 233 g/mol. The van der Waals surface area contributed by atoms with Gasteiger partial charge in [0.05, 0.1) is 6.54 Å². The van der Waals surface area contributed by atoms with Crippen LogP contribution < -0.4 is 5.73 Å². The Morgan fingerprint density at radius 2 is 1.73 bits per heavy atom. The fourth-order valence-electron chi connectivity index (χ4n) is 1.34. The molecule has 0 radical (unpaired) electrons. The molecule has 0 spiro atoms. The van der Waals surface area contributed by atoms with Crippen LogP contribution in [0.3, 0.4) is 0 Å². The van der Waals surface area contributed by atoms with E-state index in [-0.39, 0.29) is 0 Å². The Kier molecular flexibility index (Phi) is 3.00. The largest absolute Gasteiger partial charge is 0.460 e. The van der Waals surface area contributed by atoms with Crippen molar-refractivity contribution in [1.29, 1.82) is 0 Å². The standard InChI is InChI=1S/C11H9Cl2NO/c12-8-3-7(4-9(13)5-8)11-2-1-10(6-14)15-11/h1-5H,6,14H2. The normalized spacial score (nSPS) is 10.6. The van der Waals surface area contributed by atoms with Gasteiger partial charge in [0, 0.05) is 15.6 Å². The molecular formula is C11H9Cl2NO. The van der Waals surface area contributed by atoms with Crippen molar-refractivity contribution in [2.75, 3.05) is 0 Å². The van der Waals surface area contributed by atoms with Crippen molar-refractivity contribution < 1.29 is 4.42 Å². The third-order valence-electron chi connectivity index (χ3n) is 2.01. The van der Waals surface area contributed by atoms with Crippen LogP contribution >= 0.6 is 23.2 Å². The quantitative estimate of drug-likeness (QED) is 0.871. The molecule has 0 atom stereocenters. The van der Waals surface area contributed by atoms with Crippen molar-refractivity contribution in [3.8, 4) is 11.3 Å². The highest BCUT2D eigenvalue weighted by molar-refractivity contribution is 6.35. The second-order valence-electron chi connectivity index (χ2n) is 3.13. The second-order valence-corrected chi connectivity index (χ2v) is 4.00. The van der Waals surface area contributed by atoms with Gasteiger partial charge in [-0.1, -0.05) is 23.2 Å². The van der Waals surface area contributed by atoms with Gasteiger partial charge in [0.2, 0.25) is 0 Å². The first kappa shape index (κ1) is 10.6. The summed E-state index contributed by atoms with van der Waals surface area (Å²) in [6.45, 7) is 0.383. The molecule has 0 aliphatic carbocycles. The minimum Gasteiger partial charge on any atom is -0.460 e. The van der Waals surface area contributed by atoms with Crippen LogP contribution in [0.5, 0.6) is 0 Å². The van der Waals surface area contributed by atoms with Gasteiger partial charge in [-0.2, -0.15) is 0 Å². The van der Waals surface area contributed by atoms with Gasteiger partial charge in [-0.05, 0) is 30.3 Å². The van der Waals surface area contributed by atoms with E-state index < -0.39 is 0 Å². The summed E-state index contributed by atoms with van der Waals surface area (Å²) < 4.78 is 5.49. The first-order chi connectivity index (χ1) is 7.19. The van der Waals surface area contributed by atoms with E-state index in [0.717, 1.165) is 17.1 Å². The lowest BCUT2D eigenvalue weighted by Gasteiger charge is -1.99. The third-order valence-corrected chi connectivity index (χ3v) is 2.45. The zero-order valence-corrected chi connectivity index (χ0v) is 9.35. The molecule has 0 unspecified atom stereocenters. The SMILES string of the molecule is NCc1ccc(-c2cc(Cl)cc(Cl)c2)o1. The topological polar surface area (TPSA) is 39.2 Å². The number of furan rings is 1. The van der Waals surface area contributed by atoms with Crippen molar-refractivity contribution in [1.82, 2.24) is 0 Å². The molecule has 0 saturated heterocycles. The van der Waals surface area contributed by atoms with Gasteiger partial charge in [-0.15, -0.1) is 0 Å². The molecule has 1 aromatic heterocycles. The molecule has 0 aliphatic rings. The van der Waals surface area contributed by atoms with Gasteiger partial charge in [0.15, 0.2) is 0 Å². The lowest BCUT2D eigenvalue weighted by Crippen LogP contribution is -1.92. The predicted molar refractivity (Wildman–Crippen MR) is 62.1 cm³/mol. The Hall–Kier alpha value is -0.960. The average molecular weight is 242 g/mol. The van der Waals surface area contributed by atoms with Crippen molar-refractivity contribution in [3.05, 3.63) is 46.1 Å². The third kappa shape index (κ3) is 2.34. The van der Waals surface area contributed by atoms with E-state index in [1.807, 2.05) is 12.1 Å². The molecule has 15 heavy (non-hydrogen) atoms. The fourth-order valence-corrected chi connectivity index (χ4v) is 1.86. The molecule has 0 bridgehead atoms. The van der Waals surface area contributed by atoms with Gasteiger partial charge in [-0.25, -0.2) is 0 Å². The van der Waals surface area contributed by atoms with E-state index in [0.29, 0.717) is 16.6 Å². The highest BCUT2D eigenvalue weighted by atomic mass is 35.5. The molecule has 0 fully saturated rings. The van der Waals surface area contributed by atoms with E-state index in [2.05, 4.69) is 0 Å². The van der Waals surface area contributed by atoms with Crippen LogP contribution in [0.1, 0.15) is 5.76 Å². The molecule has 0 amide bonds. The first-order valence-electron chi connectivity index (χ1n) is 4.44. The summed E-state index contributed by atoms with van der Waals surface area (Å²) in [7, 11) is 0. The average Bonchev–Trinajstić information content (AvgIpc) is 2.64. The van der Waals surface area contributed by atoms with E-state index in [1.165, 1.54) is 0 Å². The lowest BCUT2D eigenvalue weighted by atomic mass is 10.2. The van der Waals surface area contributed by atoms with Gasteiger partial charge < -0.3 is 10.2 Å². The predicted octanol–water partition coefficient (Wildman–Crippen LogP) is 3.71. The Bertz CT molecular complexity index is 459. The van der Waals surface area contributed by atoms with Gasteiger partial charge in [-0.3, -0.25) is 0 Å². The molecule has 0 aliphatic heterocycles.